The van der Waals surface area contributed by atoms with Crippen molar-refractivity contribution < 1.29 is 13.2 Å². The Hall–Kier alpha value is -0.660. The van der Waals surface area contributed by atoms with E-state index in [-0.39, 0.29) is 11.9 Å². The summed E-state index contributed by atoms with van der Waals surface area (Å²) in [5.41, 5.74) is -0.629. The Morgan fingerprint density at radius 3 is 2.25 bits per heavy atom. The van der Waals surface area contributed by atoms with Crippen LogP contribution in [-0.4, -0.2) is 45.8 Å². The number of sulfonamides is 1. The molecular formula is C9H21N3O3S. The molecular weight excluding hydrogens is 230 g/mol. The van der Waals surface area contributed by atoms with Gasteiger partial charge in [0.05, 0.1) is 12.3 Å². The smallest absolute Gasteiger partial charge is 0.236 e. The molecule has 0 aromatic carbocycles. The van der Waals surface area contributed by atoms with Crippen LogP contribution in [0.4, 0.5) is 0 Å². The summed E-state index contributed by atoms with van der Waals surface area (Å²) in [4.78, 5) is 11.2. The van der Waals surface area contributed by atoms with Crippen LogP contribution >= 0.6 is 0 Å². The fourth-order valence-corrected chi connectivity index (χ4v) is 2.33. The molecule has 0 aliphatic heterocycles. The normalized spacial score (nSPS) is 14.6. The summed E-state index contributed by atoms with van der Waals surface area (Å²) in [7, 11) is -1.69. The number of hydrogen-bond donors (Lipinski definition) is 3. The number of rotatable bonds is 6. The van der Waals surface area contributed by atoms with Crippen LogP contribution in [0.25, 0.3) is 0 Å². The molecule has 0 aromatic heterocycles. The zero-order valence-electron chi connectivity index (χ0n) is 10.4. The van der Waals surface area contributed by atoms with Crippen molar-refractivity contribution in [2.24, 2.45) is 0 Å². The predicted molar refractivity (Wildman–Crippen MR) is 63.6 cm³/mol. The van der Waals surface area contributed by atoms with Crippen LogP contribution in [0.5, 0.6) is 0 Å². The summed E-state index contributed by atoms with van der Waals surface area (Å²) in [5, 5.41) is 5.47. The summed E-state index contributed by atoms with van der Waals surface area (Å²) in [6.07, 6.45) is 1.11. The second-order valence-electron chi connectivity index (χ2n) is 4.47. The molecule has 0 spiro atoms. The first-order chi connectivity index (χ1) is 7.07. The lowest BCUT2D eigenvalue weighted by molar-refractivity contribution is -0.122. The van der Waals surface area contributed by atoms with E-state index in [1.807, 2.05) is 0 Å². The third-order valence-corrected chi connectivity index (χ3v) is 2.87. The molecule has 1 amide bonds. The third kappa shape index (κ3) is 6.76. The van der Waals surface area contributed by atoms with E-state index in [1.165, 1.54) is 0 Å². The molecule has 3 N–H and O–H groups in total. The first-order valence-electron chi connectivity index (χ1n) is 5.01. The second kappa shape index (κ2) is 5.60. The number of carbonyl (C=O) groups is 1. The molecule has 7 heteroatoms. The van der Waals surface area contributed by atoms with Crippen molar-refractivity contribution in [1.29, 1.82) is 0 Å². The van der Waals surface area contributed by atoms with Gasteiger partial charge in [-0.05, 0) is 20.8 Å². The van der Waals surface area contributed by atoms with Crippen LogP contribution in [0.2, 0.25) is 0 Å². The van der Waals surface area contributed by atoms with Crippen LogP contribution in [0, 0.1) is 0 Å². The maximum Gasteiger partial charge on any atom is 0.236 e. The summed E-state index contributed by atoms with van der Waals surface area (Å²) >= 11 is 0. The number of carbonyl (C=O) groups excluding carboxylic acids is 1. The fraction of sp³-hybridized carbons (Fsp3) is 0.889. The van der Waals surface area contributed by atoms with Gasteiger partial charge in [-0.15, -0.1) is 0 Å². The zero-order valence-corrected chi connectivity index (χ0v) is 11.2. The number of nitrogens with one attached hydrogen (secondary N) is 3. The molecule has 96 valence electrons. The Labute approximate surface area is 97.2 Å². The maximum atomic E-state index is 11.2. The van der Waals surface area contributed by atoms with Crippen molar-refractivity contribution in [3.05, 3.63) is 0 Å². The highest BCUT2D eigenvalue weighted by Crippen LogP contribution is 2.02. The van der Waals surface area contributed by atoms with Crippen molar-refractivity contribution in [3.63, 3.8) is 0 Å². The summed E-state index contributed by atoms with van der Waals surface area (Å²) in [6.45, 7) is 5.58. The lowest BCUT2D eigenvalue weighted by Gasteiger charge is -2.27. The lowest BCUT2D eigenvalue weighted by atomic mass is 10.1. The highest BCUT2D eigenvalue weighted by atomic mass is 32.2. The molecule has 0 bridgehead atoms. The first kappa shape index (κ1) is 15.3. The summed E-state index contributed by atoms with van der Waals surface area (Å²) in [5.74, 6) is -0.129. The first-order valence-corrected chi connectivity index (χ1v) is 6.90. The summed E-state index contributed by atoms with van der Waals surface area (Å²) < 4.78 is 24.6. The molecule has 0 rings (SSSR count). The van der Waals surface area contributed by atoms with E-state index in [2.05, 4.69) is 15.4 Å². The minimum atomic E-state index is -3.25. The molecule has 0 radical (unpaired) electrons. The van der Waals surface area contributed by atoms with Crippen molar-refractivity contribution >= 4 is 15.9 Å². The predicted octanol–water partition coefficient (Wildman–Crippen LogP) is -0.962. The van der Waals surface area contributed by atoms with Gasteiger partial charge in [0.2, 0.25) is 15.9 Å². The monoisotopic (exact) mass is 251 g/mol. The third-order valence-electron chi connectivity index (χ3n) is 1.95. The van der Waals surface area contributed by atoms with Gasteiger partial charge in [0.1, 0.15) is 0 Å². The van der Waals surface area contributed by atoms with E-state index in [9.17, 15) is 13.2 Å². The Morgan fingerprint density at radius 2 is 1.88 bits per heavy atom. The quantitative estimate of drug-likeness (QED) is 0.567. The maximum absolute atomic E-state index is 11.2. The highest BCUT2D eigenvalue weighted by molar-refractivity contribution is 7.88. The van der Waals surface area contributed by atoms with Crippen LogP contribution in [0.1, 0.15) is 20.8 Å². The number of hydrogen-bond acceptors (Lipinski definition) is 4. The average molecular weight is 251 g/mol. The largest absolute Gasteiger partial charge is 0.358 e. The average Bonchev–Trinajstić information content (AvgIpc) is 2.09. The molecule has 0 aliphatic rings. The van der Waals surface area contributed by atoms with Gasteiger partial charge >= 0.3 is 0 Å². The number of amides is 1. The van der Waals surface area contributed by atoms with Gasteiger partial charge in [-0.2, -0.15) is 0 Å². The molecule has 1 unspecified atom stereocenters. The van der Waals surface area contributed by atoms with E-state index in [1.54, 1.807) is 27.8 Å². The molecule has 16 heavy (non-hydrogen) atoms. The van der Waals surface area contributed by atoms with E-state index in [0.717, 1.165) is 6.26 Å². The molecule has 0 aliphatic carbocycles. The van der Waals surface area contributed by atoms with Gasteiger partial charge in [0, 0.05) is 19.1 Å². The SMILES string of the molecule is CNC(=O)C(C)NCC(C)(C)NS(C)(=O)=O. The number of likely N-dealkylation sites (N-methyl/N-ethyl adjacent to an activating group) is 1. The molecule has 0 saturated carbocycles. The van der Waals surface area contributed by atoms with Gasteiger partial charge < -0.3 is 10.6 Å². The Bertz CT molecular complexity index is 338. The van der Waals surface area contributed by atoms with Gasteiger partial charge in [0.15, 0.2) is 0 Å². The zero-order chi connectivity index (χ0) is 13.0. The van der Waals surface area contributed by atoms with E-state index in [4.69, 9.17) is 0 Å². The van der Waals surface area contributed by atoms with Crippen molar-refractivity contribution in [2.75, 3.05) is 19.8 Å². The molecule has 0 saturated heterocycles. The van der Waals surface area contributed by atoms with E-state index in [0.29, 0.717) is 6.54 Å². The highest BCUT2D eigenvalue weighted by Gasteiger charge is 2.23. The van der Waals surface area contributed by atoms with Crippen LogP contribution in [-0.2, 0) is 14.8 Å². The minimum Gasteiger partial charge on any atom is -0.358 e. The van der Waals surface area contributed by atoms with E-state index < -0.39 is 15.6 Å². The van der Waals surface area contributed by atoms with Crippen LogP contribution < -0.4 is 15.4 Å². The molecule has 6 nitrogen and oxygen atoms in total. The lowest BCUT2D eigenvalue weighted by Crippen LogP contribution is -2.53. The Morgan fingerprint density at radius 1 is 1.38 bits per heavy atom. The second-order valence-corrected chi connectivity index (χ2v) is 6.22. The topological polar surface area (TPSA) is 87.3 Å². The molecule has 0 aromatic rings. The fourth-order valence-electron chi connectivity index (χ4n) is 1.26. The van der Waals surface area contributed by atoms with Crippen LogP contribution in [0.3, 0.4) is 0 Å². The van der Waals surface area contributed by atoms with Gasteiger partial charge in [-0.3, -0.25) is 4.79 Å². The Kier molecular flexibility index (Phi) is 5.37. The Balaban J connectivity index is 4.24. The van der Waals surface area contributed by atoms with Crippen molar-refractivity contribution in [3.8, 4) is 0 Å². The van der Waals surface area contributed by atoms with Crippen molar-refractivity contribution in [1.82, 2.24) is 15.4 Å². The van der Waals surface area contributed by atoms with E-state index >= 15 is 0 Å². The molecule has 0 fully saturated rings. The molecule has 1 atom stereocenters. The van der Waals surface area contributed by atoms with Gasteiger partial charge in [-0.1, -0.05) is 0 Å². The summed E-state index contributed by atoms with van der Waals surface area (Å²) in [6, 6.07) is -0.356. The van der Waals surface area contributed by atoms with Gasteiger partial charge in [-0.25, -0.2) is 13.1 Å². The standard InChI is InChI=1S/C9H21N3O3S/c1-7(8(13)10-4)11-6-9(2,3)12-16(5,14)15/h7,11-12H,6H2,1-5H3,(H,10,13). The minimum absolute atomic E-state index is 0.129. The van der Waals surface area contributed by atoms with Crippen molar-refractivity contribution in [2.45, 2.75) is 32.4 Å². The van der Waals surface area contributed by atoms with Gasteiger partial charge in [0.25, 0.3) is 0 Å². The molecule has 0 heterocycles. The van der Waals surface area contributed by atoms with Crippen LogP contribution in [0.15, 0.2) is 0 Å².